The Hall–Kier alpha value is -0.450. The van der Waals surface area contributed by atoms with Crippen LogP contribution in [0.4, 0.5) is 0 Å². The number of aromatic nitrogens is 1. The van der Waals surface area contributed by atoms with Crippen LogP contribution in [-0.2, 0) is 0 Å². The Bertz CT molecular complexity index is 176. The van der Waals surface area contributed by atoms with E-state index in [0.717, 1.165) is 4.88 Å². The number of rotatable bonds is 3. The first kappa shape index (κ1) is 7.65. The number of thiazole rings is 1. The van der Waals surface area contributed by atoms with Gasteiger partial charge >= 0.3 is 0 Å². The van der Waals surface area contributed by atoms with Gasteiger partial charge in [-0.05, 0) is 6.42 Å². The van der Waals surface area contributed by atoms with Crippen molar-refractivity contribution in [2.75, 3.05) is 6.61 Å². The molecular weight excluding hydrogens is 148 g/mol. The maximum Gasteiger partial charge on any atom is 0.0794 e. The predicted octanol–water partition coefficient (Wildman–Crippen LogP) is 0.525. The summed E-state index contributed by atoms with van der Waals surface area (Å²) in [4.78, 5) is 4.92. The fraction of sp³-hybridized carbons (Fsp3) is 0.500. The van der Waals surface area contributed by atoms with Gasteiger partial charge < -0.3 is 10.8 Å². The summed E-state index contributed by atoms with van der Waals surface area (Å²) in [7, 11) is 0. The van der Waals surface area contributed by atoms with Crippen molar-refractivity contribution in [1.29, 1.82) is 0 Å². The normalized spacial score (nSPS) is 13.4. The van der Waals surface area contributed by atoms with Crippen LogP contribution in [0.15, 0.2) is 11.7 Å². The van der Waals surface area contributed by atoms with Gasteiger partial charge in [-0.3, -0.25) is 4.98 Å². The molecule has 1 rings (SSSR count). The summed E-state index contributed by atoms with van der Waals surface area (Å²) in [6.45, 7) is 0.138. The minimum atomic E-state index is -0.0440. The Morgan fingerprint density at radius 1 is 1.80 bits per heavy atom. The van der Waals surface area contributed by atoms with E-state index in [1.165, 1.54) is 11.3 Å². The van der Waals surface area contributed by atoms with Crippen molar-refractivity contribution in [3.05, 3.63) is 16.6 Å². The number of nitrogens with zero attached hydrogens (tertiary/aromatic N) is 1. The number of aliphatic hydroxyl groups excluding tert-OH is 1. The third-order valence-corrected chi connectivity index (χ3v) is 2.16. The van der Waals surface area contributed by atoms with Gasteiger partial charge in [-0.15, -0.1) is 11.3 Å². The molecule has 56 valence electrons. The van der Waals surface area contributed by atoms with E-state index in [-0.39, 0.29) is 12.6 Å². The number of nitrogens with two attached hydrogens (primary N) is 1. The second kappa shape index (κ2) is 3.65. The third kappa shape index (κ3) is 1.76. The van der Waals surface area contributed by atoms with Crippen LogP contribution < -0.4 is 5.73 Å². The largest absolute Gasteiger partial charge is 0.396 e. The molecule has 4 heteroatoms. The summed E-state index contributed by atoms with van der Waals surface area (Å²) >= 11 is 1.52. The lowest BCUT2D eigenvalue weighted by atomic mass is 10.2. The molecule has 1 atom stereocenters. The molecule has 0 bridgehead atoms. The first-order chi connectivity index (χ1) is 4.84. The lowest BCUT2D eigenvalue weighted by Crippen LogP contribution is -2.09. The van der Waals surface area contributed by atoms with Gasteiger partial charge in [-0.1, -0.05) is 0 Å². The molecule has 0 spiro atoms. The second-order valence-electron chi connectivity index (χ2n) is 2.02. The lowest BCUT2D eigenvalue weighted by molar-refractivity contribution is 0.277. The van der Waals surface area contributed by atoms with Crippen LogP contribution in [0, 0.1) is 0 Å². The van der Waals surface area contributed by atoms with Gasteiger partial charge in [0.15, 0.2) is 0 Å². The van der Waals surface area contributed by atoms with Gasteiger partial charge in [0, 0.05) is 23.7 Å². The van der Waals surface area contributed by atoms with Crippen molar-refractivity contribution in [3.63, 3.8) is 0 Å². The van der Waals surface area contributed by atoms with Crippen molar-refractivity contribution >= 4 is 11.3 Å². The zero-order valence-corrected chi connectivity index (χ0v) is 6.34. The molecule has 0 aliphatic rings. The van der Waals surface area contributed by atoms with Gasteiger partial charge in [0.1, 0.15) is 0 Å². The van der Waals surface area contributed by atoms with Crippen LogP contribution in [0.1, 0.15) is 17.3 Å². The molecule has 10 heavy (non-hydrogen) atoms. The predicted molar refractivity (Wildman–Crippen MR) is 40.7 cm³/mol. The van der Waals surface area contributed by atoms with Crippen LogP contribution in [0.3, 0.4) is 0 Å². The molecule has 0 saturated heterocycles. The molecule has 0 fully saturated rings. The van der Waals surface area contributed by atoms with Crippen molar-refractivity contribution in [2.24, 2.45) is 5.73 Å². The molecule has 0 aliphatic heterocycles. The number of aliphatic hydroxyl groups is 1. The van der Waals surface area contributed by atoms with Gasteiger partial charge in [-0.25, -0.2) is 0 Å². The molecular formula is C6H10N2OS. The molecule has 0 aromatic carbocycles. The molecule has 0 aliphatic carbocycles. The highest BCUT2D eigenvalue weighted by molar-refractivity contribution is 7.09. The first-order valence-corrected chi connectivity index (χ1v) is 3.97. The van der Waals surface area contributed by atoms with Gasteiger partial charge in [0.2, 0.25) is 0 Å². The molecule has 3 nitrogen and oxygen atoms in total. The second-order valence-corrected chi connectivity index (χ2v) is 2.94. The minimum Gasteiger partial charge on any atom is -0.396 e. The molecule has 1 heterocycles. The summed E-state index contributed by atoms with van der Waals surface area (Å²) in [5.74, 6) is 0. The monoisotopic (exact) mass is 158 g/mol. The third-order valence-electron chi connectivity index (χ3n) is 1.26. The Kier molecular flexibility index (Phi) is 2.80. The summed E-state index contributed by atoms with van der Waals surface area (Å²) in [5.41, 5.74) is 7.40. The van der Waals surface area contributed by atoms with Crippen LogP contribution in [-0.4, -0.2) is 16.7 Å². The molecule has 0 saturated carbocycles. The van der Waals surface area contributed by atoms with Crippen LogP contribution in [0.5, 0.6) is 0 Å². The highest BCUT2D eigenvalue weighted by atomic mass is 32.1. The maximum absolute atomic E-state index is 8.54. The van der Waals surface area contributed by atoms with E-state index in [1.807, 2.05) is 0 Å². The Morgan fingerprint density at radius 2 is 2.60 bits per heavy atom. The Labute approximate surface area is 63.5 Å². The zero-order chi connectivity index (χ0) is 7.40. The smallest absolute Gasteiger partial charge is 0.0794 e. The average Bonchev–Trinajstić information content (AvgIpc) is 2.38. The van der Waals surface area contributed by atoms with Crippen molar-refractivity contribution in [1.82, 2.24) is 4.98 Å². The molecule has 0 radical (unpaired) electrons. The van der Waals surface area contributed by atoms with Gasteiger partial charge in [0.25, 0.3) is 0 Å². The first-order valence-electron chi connectivity index (χ1n) is 3.09. The van der Waals surface area contributed by atoms with E-state index in [1.54, 1.807) is 11.7 Å². The Morgan fingerprint density at radius 3 is 3.10 bits per heavy atom. The summed E-state index contributed by atoms with van der Waals surface area (Å²) in [6, 6.07) is -0.0440. The molecule has 3 N–H and O–H groups in total. The van der Waals surface area contributed by atoms with Crippen LogP contribution in [0.2, 0.25) is 0 Å². The summed E-state index contributed by atoms with van der Waals surface area (Å²) < 4.78 is 0. The number of hydrogen-bond donors (Lipinski definition) is 2. The topological polar surface area (TPSA) is 59.1 Å². The number of hydrogen-bond acceptors (Lipinski definition) is 4. The highest BCUT2D eigenvalue weighted by Crippen LogP contribution is 2.16. The van der Waals surface area contributed by atoms with Gasteiger partial charge in [-0.2, -0.15) is 0 Å². The lowest BCUT2D eigenvalue weighted by Gasteiger charge is -2.04. The van der Waals surface area contributed by atoms with E-state index in [9.17, 15) is 0 Å². The van der Waals surface area contributed by atoms with Gasteiger partial charge in [0.05, 0.1) is 5.51 Å². The maximum atomic E-state index is 8.54. The quantitative estimate of drug-likeness (QED) is 0.674. The fourth-order valence-electron chi connectivity index (χ4n) is 0.690. The highest BCUT2D eigenvalue weighted by Gasteiger charge is 2.05. The van der Waals surface area contributed by atoms with E-state index in [4.69, 9.17) is 10.8 Å². The van der Waals surface area contributed by atoms with Crippen LogP contribution >= 0.6 is 11.3 Å². The average molecular weight is 158 g/mol. The summed E-state index contributed by atoms with van der Waals surface area (Å²) in [5, 5.41) is 8.54. The molecule has 0 unspecified atom stereocenters. The van der Waals surface area contributed by atoms with E-state index < -0.39 is 0 Å². The zero-order valence-electron chi connectivity index (χ0n) is 5.53. The van der Waals surface area contributed by atoms with E-state index in [0.29, 0.717) is 6.42 Å². The SMILES string of the molecule is N[C@H](CCO)c1cncs1. The van der Waals surface area contributed by atoms with Crippen molar-refractivity contribution in [3.8, 4) is 0 Å². The minimum absolute atomic E-state index is 0.0440. The van der Waals surface area contributed by atoms with E-state index >= 15 is 0 Å². The van der Waals surface area contributed by atoms with E-state index in [2.05, 4.69) is 4.98 Å². The molecule has 1 aromatic rings. The van der Waals surface area contributed by atoms with Crippen molar-refractivity contribution in [2.45, 2.75) is 12.5 Å². The molecule has 1 aromatic heterocycles. The van der Waals surface area contributed by atoms with Crippen molar-refractivity contribution < 1.29 is 5.11 Å². The molecule has 0 amide bonds. The summed E-state index contributed by atoms with van der Waals surface area (Å²) in [6.07, 6.45) is 2.35. The Balaban J connectivity index is 2.50. The fourth-order valence-corrected chi connectivity index (χ4v) is 1.35. The standard InChI is InChI=1S/C6H10N2OS/c7-5(1-2-9)6-3-8-4-10-6/h3-5,9H,1-2,7H2/t5-/m1/s1. The van der Waals surface area contributed by atoms with Crippen LogP contribution in [0.25, 0.3) is 0 Å².